The van der Waals surface area contributed by atoms with Gasteiger partial charge in [-0.15, -0.1) is 0 Å². The second-order valence-corrected chi connectivity index (χ2v) is 12.5. The van der Waals surface area contributed by atoms with E-state index in [-0.39, 0.29) is 27.7 Å². The van der Waals surface area contributed by atoms with Crippen LogP contribution in [0.3, 0.4) is 0 Å². The molecule has 4 aliphatic rings. The maximum atomic E-state index is 16.8. The van der Waals surface area contributed by atoms with Crippen molar-refractivity contribution in [3.05, 3.63) is 47.2 Å². The Balaban J connectivity index is 1.28. The van der Waals surface area contributed by atoms with E-state index in [4.69, 9.17) is 32.0 Å². The highest BCUT2D eigenvalue weighted by atomic mass is 35.5. The minimum Gasteiger partial charge on any atom is -0.461 e. The summed E-state index contributed by atoms with van der Waals surface area (Å²) in [7, 11) is 0. The molecule has 4 saturated heterocycles. The molecular weight excluding hydrogens is 541 g/mol. The Labute approximate surface area is 243 Å². The molecule has 0 amide bonds. The smallest absolute Gasteiger partial charge is 0.319 e. The van der Waals surface area contributed by atoms with Crippen molar-refractivity contribution >= 4 is 45.0 Å². The number of ether oxygens (including phenoxy) is 1. The summed E-state index contributed by atoms with van der Waals surface area (Å²) >= 11 is 6.90. The normalized spacial score (nSPS) is 23.5. The van der Waals surface area contributed by atoms with Gasteiger partial charge in [0.25, 0.3) is 0 Å². The molecule has 10 heteroatoms. The van der Waals surface area contributed by atoms with Gasteiger partial charge in [0, 0.05) is 41.5 Å². The summed E-state index contributed by atoms with van der Waals surface area (Å²) < 4.78 is 23.2. The van der Waals surface area contributed by atoms with E-state index >= 15 is 4.39 Å². The molecule has 3 N–H and O–H groups in total. The number of hydrogen-bond acceptors (Lipinski definition) is 8. The molecule has 2 aromatic carbocycles. The lowest BCUT2D eigenvalue weighted by atomic mass is 9.95. The first-order chi connectivity index (χ1) is 20.0. The maximum Gasteiger partial charge on any atom is 0.319 e. The number of piperazine rings is 1. The average Bonchev–Trinajstić information content (AvgIpc) is 3.65. The van der Waals surface area contributed by atoms with Crippen LogP contribution in [0.1, 0.15) is 38.5 Å². The molecule has 6 heterocycles. The minimum absolute atomic E-state index is 0.0316. The predicted molar refractivity (Wildman–Crippen MR) is 160 cm³/mol. The molecule has 4 fully saturated rings. The fourth-order valence-electron chi connectivity index (χ4n) is 7.74. The number of halogens is 2. The number of rotatable bonds is 5. The molecule has 8 nitrogen and oxygen atoms in total. The lowest BCUT2D eigenvalue weighted by Gasteiger charge is -2.35. The first kappa shape index (κ1) is 25.4. The van der Waals surface area contributed by atoms with Gasteiger partial charge in [0.2, 0.25) is 0 Å². The summed E-state index contributed by atoms with van der Waals surface area (Å²) in [4.78, 5) is 18.9. The lowest BCUT2D eigenvalue weighted by molar-refractivity contribution is 0.108. The number of fused-ring (bicyclic) bond motifs is 5. The summed E-state index contributed by atoms with van der Waals surface area (Å²) in [5.41, 5.74) is 7.93. The zero-order valence-corrected chi connectivity index (χ0v) is 23.6. The number of nitrogens with two attached hydrogens (primary N) is 1. The van der Waals surface area contributed by atoms with Gasteiger partial charge in [0.1, 0.15) is 23.8 Å². The van der Waals surface area contributed by atoms with Crippen LogP contribution in [0.4, 0.5) is 16.0 Å². The first-order valence-electron chi connectivity index (χ1n) is 14.7. The Kier molecular flexibility index (Phi) is 5.98. The van der Waals surface area contributed by atoms with Crippen molar-refractivity contribution in [3.8, 4) is 17.1 Å². The van der Waals surface area contributed by atoms with Crippen LogP contribution in [0.2, 0.25) is 5.02 Å². The van der Waals surface area contributed by atoms with E-state index in [9.17, 15) is 0 Å². The van der Waals surface area contributed by atoms with Gasteiger partial charge in [-0.1, -0.05) is 29.8 Å². The van der Waals surface area contributed by atoms with E-state index in [0.29, 0.717) is 46.8 Å². The molecule has 0 radical (unpaired) electrons. The second kappa shape index (κ2) is 9.64. The number of para-hydroxylation sites is 1. The Morgan fingerprint density at radius 1 is 1.02 bits per heavy atom. The van der Waals surface area contributed by atoms with Gasteiger partial charge in [-0.3, -0.25) is 4.90 Å². The van der Waals surface area contributed by atoms with Crippen LogP contribution >= 0.6 is 11.6 Å². The molecule has 2 atom stereocenters. The highest BCUT2D eigenvalue weighted by molar-refractivity contribution is 6.35. The quantitative estimate of drug-likeness (QED) is 0.338. The van der Waals surface area contributed by atoms with Crippen LogP contribution in [0.15, 0.2) is 36.4 Å². The molecule has 2 bridgehead atoms. The van der Waals surface area contributed by atoms with E-state index in [1.54, 1.807) is 12.1 Å². The predicted octanol–water partition coefficient (Wildman–Crippen LogP) is 5.17. The van der Waals surface area contributed by atoms with Crippen LogP contribution in [0.25, 0.3) is 32.9 Å². The molecule has 0 aliphatic carbocycles. The maximum absolute atomic E-state index is 16.8. The summed E-state index contributed by atoms with van der Waals surface area (Å²) in [6.07, 6.45) is 6.83. The van der Waals surface area contributed by atoms with E-state index in [1.807, 2.05) is 24.3 Å². The fourth-order valence-corrected chi connectivity index (χ4v) is 8.04. The number of benzene rings is 2. The third kappa shape index (κ3) is 4.20. The van der Waals surface area contributed by atoms with Crippen LogP contribution in [-0.2, 0) is 0 Å². The summed E-state index contributed by atoms with van der Waals surface area (Å²) in [5, 5.41) is 5.33. The topological polar surface area (TPSA) is 92.4 Å². The molecule has 8 rings (SSSR count). The molecule has 0 spiro atoms. The second-order valence-electron chi connectivity index (χ2n) is 12.1. The Hall–Kier alpha value is -3.27. The molecule has 41 heavy (non-hydrogen) atoms. The molecule has 2 unspecified atom stereocenters. The number of aromatic nitrogens is 3. The van der Waals surface area contributed by atoms with Crippen molar-refractivity contribution in [1.82, 2.24) is 25.2 Å². The van der Waals surface area contributed by atoms with Crippen LogP contribution < -0.4 is 20.7 Å². The van der Waals surface area contributed by atoms with E-state index < -0.39 is 5.82 Å². The van der Waals surface area contributed by atoms with E-state index in [2.05, 4.69) is 20.1 Å². The van der Waals surface area contributed by atoms with Gasteiger partial charge < -0.3 is 20.7 Å². The van der Waals surface area contributed by atoms with E-state index in [0.717, 1.165) is 57.2 Å². The van der Waals surface area contributed by atoms with Crippen molar-refractivity contribution in [3.63, 3.8) is 0 Å². The molecule has 0 saturated carbocycles. The molecule has 2 aromatic heterocycles. The summed E-state index contributed by atoms with van der Waals surface area (Å²) in [6, 6.07) is 12.0. The van der Waals surface area contributed by atoms with E-state index in [1.165, 1.54) is 12.8 Å². The van der Waals surface area contributed by atoms with Gasteiger partial charge in [-0.2, -0.15) is 9.97 Å². The van der Waals surface area contributed by atoms with Crippen molar-refractivity contribution in [1.29, 1.82) is 0 Å². The Morgan fingerprint density at radius 3 is 2.56 bits per heavy atom. The highest BCUT2D eigenvalue weighted by Crippen LogP contribution is 2.43. The minimum atomic E-state index is -0.503. The standard InChI is InChI=1S/C31H33ClFN7O/c32-23-13-22-28(27(33)26(23)21-14-25(34)36-24-6-2-1-5-20(21)24)37-30(41-17-31-9-3-11-40(31)12-4-10-31)38-29(22)39-15-18-7-8-19(16-39)35-18/h1-2,5-6,13-14,18-19,35H,3-4,7-12,15-17H2,(H2,34,36). The Bertz CT molecular complexity index is 1660. The zero-order chi connectivity index (χ0) is 27.7. The number of anilines is 2. The van der Waals surface area contributed by atoms with Gasteiger partial charge >= 0.3 is 6.01 Å². The lowest BCUT2D eigenvalue weighted by Crippen LogP contribution is -2.51. The van der Waals surface area contributed by atoms with Gasteiger partial charge in [-0.25, -0.2) is 9.37 Å². The van der Waals surface area contributed by atoms with Gasteiger partial charge in [-0.05, 0) is 75.4 Å². The first-order valence-corrected chi connectivity index (χ1v) is 15.1. The van der Waals surface area contributed by atoms with Crippen molar-refractivity contribution in [2.75, 3.05) is 43.4 Å². The fraction of sp³-hybridized carbons (Fsp3) is 0.452. The molecule has 212 valence electrons. The van der Waals surface area contributed by atoms with Crippen LogP contribution in [0, 0.1) is 5.82 Å². The van der Waals surface area contributed by atoms with Crippen molar-refractivity contribution < 1.29 is 9.13 Å². The largest absolute Gasteiger partial charge is 0.461 e. The molecule has 4 aliphatic heterocycles. The monoisotopic (exact) mass is 573 g/mol. The van der Waals surface area contributed by atoms with Crippen molar-refractivity contribution in [2.45, 2.75) is 56.1 Å². The van der Waals surface area contributed by atoms with Gasteiger partial charge in [0.05, 0.1) is 16.1 Å². The summed E-state index contributed by atoms with van der Waals surface area (Å²) in [6.45, 7) is 4.32. The SMILES string of the molecule is Nc1cc(-c2c(Cl)cc3c(N4CC5CCC(C4)N5)nc(OCC45CCCN4CCC5)nc3c2F)c2ccccc2n1. The number of nitrogens with zero attached hydrogens (tertiary/aromatic N) is 5. The molecular formula is C31H33ClFN7O. The molecule has 4 aromatic rings. The highest BCUT2D eigenvalue weighted by Gasteiger charge is 2.45. The number of hydrogen-bond donors (Lipinski definition) is 2. The number of pyridine rings is 1. The Morgan fingerprint density at radius 2 is 1.78 bits per heavy atom. The summed E-state index contributed by atoms with van der Waals surface area (Å²) in [5.74, 6) is 0.480. The van der Waals surface area contributed by atoms with Crippen LogP contribution in [-0.4, -0.2) is 70.3 Å². The number of nitrogen functional groups attached to an aromatic ring is 1. The zero-order valence-electron chi connectivity index (χ0n) is 22.9. The van der Waals surface area contributed by atoms with Crippen molar-refractivity contribution in [2.24, 2.45) is 0 Å². The number of nitrogens with one attached hydrogen (secondary N) is 1. The van der Waals surface area contributed by atoms with Crippen LogP contribution in [0.5, 0.6) is 6.01 Å². The van der Waals surface area contributed by atoms with Gasteiger partial charge in [0.15, 0.2) is 5.82 Å². The third-order valence-electron chi connectivity index (χ3n) is 9.64. The third-order valence-corrected chi connectivity index (χ3v) is 9.94. The average molecular weight is 574 g/mol.